The van der Waals surface area contributed by atoms with E-state index in [1.807, 2.05) is 36.4 Å². The highest BCUT2D eigenvalue weighted by Gasteiger charge is 2.21. The van der Waals surface area contributed by atoms with Crippen LogP contribution in [0.5, 0.6) is 0 Å². The lowest BCUT2D eigenvalue weighted by Crippen LogP contribution is -2.27. The zero-order valence-corrected chi connectivity index (χ0v) is 16.1. The van der Waals surface area contributed by atoms with Crippen LogP contribution in [0, 0.1) is 0 Å². The Bertz CT molecular complexity index is 1230. The molecule has 0 amide bonds. The van der Waals surface area contributed by atoms with E-state index in [0.717, 1.165) is 36.3 Å². The summed E-state index contributed by atoms with van der Waals surface area (Å²) in [5, 5.41) is 13.3. The van der Waals surface area contributed by atoms with E-state index in [0.29, 0.717) is 29.8 Å². The van der Waals surface area contributed by atoms with Crippen LogP contribution in [0.25, 0.3) is 27.8 Å². The van der Waals surface area contributed by atoms with Gasteiger partial charge in [0.1, 0.15) is 5.52 Å². The molecule has 1 aliphatic rings. The quantitative estimate of drug-likeness (QED) is 0.520. The molecular weight excluding hydrogens is 370 g/mol. The van der Waals surface area contributed by atoms with E-state index in [4.69, 9.17) is 14.6 Å². The summed E-state index contributed by atoms with van der Waals surface area (Å²) in [4.78, 5) is 13.0. The van der Waals surface area contributed by atoms with Crippen LogP contribution in [-0.2, 0) is 22.6 Å². The standard InChI is InChI=1S/C21H21N5O3/c1-28-13-16-18(14-6-3-2-4-7-14)20-23-22-19-17(26(20)24-16)9-10-25(21(19)27)12-15-8-5-11-29-15/h2-4,6-7,9-10,15H,5,8,11-13H2,1H3/t15-/m1/s1. The number of hydrogen-bond acceptors (Lipinski definition) is 6. The molecule has 0 unspecified atom stereocenters. The van der Waals surface area contributed by atoms with Gasteiger partial charge in [0.2, 0.25) is 0 Å². The van der Waals surface area contributed by atoms with E-state index in [9.17, 15) is 4.79 Å². The molecule has 0 radical (unpaired) electrons. The van der Waals surface area contributed by atoms with Gasteiger partial charge in [-0.1, -0.05) is 30.3 Å². The predicted molar refractivity (Wildman–Crippen MR) is 108 cm³/mol. The number of pyridine rings is 1. The minimum Gasteiger partial charge on any atom is -0.378 e. The van der Waals surface area contributed by atoms with Gasteiger partial charge in [0.25, 0.3) is 5.56 Å². The van der Waals surface area contributed by atoms with Gasteiger partial charge in [0.05, 0.1) is 30.5 Å². The van der Waals surface area contributed by atoms with Gasteiger partial charge in [-0.15, -0.1) is 10.2 Å². The maximum atomic E-state index is 13.0. The van der Waals surface area contributed by atoms with E-state index in [2.05, 4.69) is 10.2 Å². The monoisotopic (exact) mass is 391 g/mol. The Morgan fingerprint density at radius 2 is 2.07 bits per heavy atom. The minimum absolute atomic E-state index is 0.0736. The fraction of sp³-hybridized carbons (Fsp3) is 0.333. The molecule has 29 heavy (non-hydrogen) atoms. The number of fused-ring (bicyclic) bond motifs is 3. The second-order valence-corrected chi connectivity index (χ2v) is 7.20. The van der Waals surface area contributed by atoms with Gasteiger partial charge in [-0.2, -0.15) is 5.10 Å². The highest BCUT2D eigenvalue weighted by molar-refractivity contribution is 5.84. The molecule has 1 aromatic carbocycles. The lowest BCUT2D eigenvalue weighted by atomic mass is 10.1. The number of aromatic nitrogens is 5. The summed E-state index contributed by atoms with van der Waals surface area (Å²) in [6.07, 6.45) is 3.86. The fourth-order valence-electron chi connectivity index (χ4n) is 3.92. The van der Waals surface area contributed by atoms with Crippen molar-refractivity contribution < 1.29 is 9.47 Å². The van der Waals surface area contributed by atoms with E-state index >= 15 is 0 Å². The maximum Gasteiger partial charge on any atom is 0.280 e. The summed E-state index contributed by atoms with van der Waals surface area (Å²) >= 11 is 0. The van der Waals surface area contributed by atoms with Crippen molar-refractivity contribution in [1.82, 2.24) is 24.4 Å². The third kappa shape index (κ3) is 3.10. The summed E-state index contributed by atoms with van der Waals surface area (Å²) in [5.74, 6) is 0. The Morgan fingerprint density at radius 3 is 2.83 bits per heavy atom. The smallest absolute Gasteiger partial charge is 0.280 e. The zero-order chi connectivity index (χ0) is 19.8. The van der Waals surface area contributed by atoms with Crippen LogP contribution in [0.4, 0.5) is 0 Å². The highest BCUT2D eigenvalue weighted by atomic mass is 16.5. The molecule has 1 aliphatic heterocycles. The number of benzene rings is 1. The third-order valence-corrected chi connectivity index (χ3v) is 5.29. The number of methoxy groups -OCH3 is 1. The first-order valence-corrected chi connectivity index (χ1v) is 9.69. The first-order chi connectivity index (χ1) is 14.3. The molecule has 1 fully saturated rings. The van der Waals surface area contributed by atoms with Crippen LogP contribution >= 0.6 is 0 Å². The maximum absolute atomic E-state index is 13.0. The van der Waals surface area contributed by atoms with Crippen LogP contribution in [0.2, 0.25) is 0 Å². The second-order valence-electron chi connectivity index (χ2n) is 7.20. The van der Waals surface area contributed by atoms with E-state index < -0.39 is 0 Å². The Hall–Kier alpha value is -3.10. The van der Waals surface area contributed by atoms with Gasteiger partial charge < -0.3 is 14.0 Å². The average Bonchev–Trinajstić information content (AvgIpc) is 3.38. The van der Waals surface area contributed by atoms with Crippen LogP contribution in [0.15, 0.2) is 47.4 Å². The van der Waals surface area contributed by atoms with Crippen LogP contribution in [-0.4, -0.2) is 44.2 Å². The molecule has 0 spiro atoms. The fourth-order valence-corrected chi connectivity index (χ4v) is 3.92. The van der Waals surface area contributed by atoms with Crippen LogP contribution < -0.4 is 5.56 Å². The Balaban J connectivity index is 1.68. The summed E-state index contributed by atoms with van der Waals surface area (Å²) in [7, 11) is 1.63. The molecule has 3 aromatic heterocycles. The topological polar surface area (TPSA) is 83.5 Å². The van der Waals surface area contributed by atoms with Crippen molar-refractivity contribution in [2.45, 2.75) is 32.1 Å². The Morgan fingerprint density at radius 1 is 1.21 bits per heavy atom. The van der Waals surface area contributed by atoms with E-state index in [-0.39, 0.29) is 11.7 Å². The molecule has 1 saturated heterocycles. The lowest BCUT2D eigenvalue weighted by Gasteiger charge is -2.12. The Kier molecular flexibility index (Phi) is 4.57. The molecule has 0 aliphatic carbocycles. The van der Waals surface area contributed by atoms with Crippen molar-refractivity contribution in [3.63, 3.8) is 0 Å². The molecular formula is C21H21N5O3. The number of rotatable bonds is 5. The molecule has 0 N–H and O–H groups in total. The molecule has 8 nitrogen and oxygen atoms in total. The minimum atomic E-state index is -0.183. The van der Waals surface area contributed by atoms with E-state index in [1.54, 1.807) is 22.4 Å². The SMILES string of the molecule is COCc1nn2c(nnc3c(=O)n(C[C@H]4CCCO4)ccc32)c1-c1ccccc1. The second kappa shape index (κ2) is 7.38. The van der Waals surface area contributed by atoms with Gasteiger partial charge in [-0.25, -0.2) is 4.52 Å². The van der Waals surface area contributed by atoms with Gasteiger partial charge in [0.15, 0.2) is 11.2 Å². The molecule has 0 saturated carbocycles. The summed E-state index contributed by atoms with van der Waals surface area (Å²) in [6, 6.07) is 11.8. The first-order valence-electron chi connectivity index (χ1n) is 9.69. The normalized spacial score (nSPS) is 16.8. The number of nitrogens with zero attached hydrogens (tertiary/aromatic N) is 5. The van der Waals surface area contributed by atoms with Crippen LogP contribution in [0.1, 0.15) is 18.5 Å². The van der Waals surface area contributed by atoms with Crippen molar-refractivity contribution in [1.29, 1.82) is 0 Å². The third-order valence-electron chi connectivity index (χ3n) is 5.29. The molecule has 5 rings (SSSR count). The van der Waals surface area contributed by atoms with Crippen molar-refractivity contribution >= 4 is 16.7 Å². The van der Waals surface area contributed by atoms with Crippen molar-refractivity contribution in [3.05, 3.63) is 58.6 Å². The Labute approximate surface area is 166 Å². The number of hydrogen-bond donors (Lipinski definition) is 0. The van der Waals surface area contributed by atoms with Crippen molar-refractivity contribution in [2.24, 2.45) is 0 Å². The van der Waals surface area contributed by atoms with Gasteiger partial charge in [-0.05, 0) is 24.5 Å². The zero-order valence-electron chi connectivity index (χ0n) is 16.1. The summed E-state index contributed by atoms with van der Waals surface area (Å²) < 4.78 is 14.3. The van der Waals surface area contributed by atoms with Gasteiger partial charge >= 0.3 is 0 Å². The molecule has 148 valence electrons. The molecule has 8 heteroatoms. The van der Waals surface area contributed by atoms with Crippen LogP contribution in [0.3, 0.4) is 0 Å². The van der Waals surface area contributed by atoms with Gasteiger partial charge in [-0.3, -0.25) is 4.79 Å². The van der Waals surface area contributed by atoms with Crippen molar-refractivity contribution in [2.75, 3.05) is 13.7 Å². The lowest BCUT2D eigenvalue weighted by molar-refractivity contribution is 0.0963. The summed E-state index contributed by atoms with van der Waals surface area (Å²) in [6.45, 7) is 1.62. The molecule has 0 bridgehead atoms. The summed E-state index contributed by atoms with van der Waals surface area (Å²) in [5.41, 5.74) is 3.95. The average molecular weight is 391 g/mol. The van der Waals surface area contributed by atoms with Gasteiger partial charge in [0, 0.05) is 19.9 Å². The largest absolute Gasteiger partial charge is 0.378 e. The van der Waals surface area contributed by atoms with E-state index in [1.165, 1.54) is 0 Å². The highest BCUT2D eigenvalue weighted by Crippen LogP contribution is 2.28. The number of ether oxygens (including phenoxy) is 2. The molecule has 1 atom stereocenters. The molecule has 4 heterocycles. The predicted octanol–water partition coefficient (Wildman–Crippen LogP) is 2.43. The van der Waals surface area contributed by atoms with Crippen molar-refractivity contribution in [3.8, 4) is 11.1 Å². The molecule has 4 aromatic rings. The first kappa shape index (κ1) is 18.0.